The molecule has 1 aliphatic rings. The van der Waals surface area contributed by atoms with Gasteiger partial charge >= 0.3 is 5.69 Å². The molecule has 0 radical (unpaired) electrons. The van der Waals surface area contributed by atoms with Crippen LogP contribution < -0.4 is 21.3 Å². The van der Waals surface area contributed by atoms with Crippen LogP contribution in [0.1, 0.15) is 25.3 Å². The van der Waals surface area contributed by atoms with Crippen LogP contribution in [0.25, 0.3) is 20.7 Å². The van der Waals surface area contributed by atoms with E-state index in [1.807, 2.05) is 6.07 Å². The molecule has 1 aliphatic heterocycles. The van der Waals surface area contributed by atoms with Crippen molar-refractivity contribution < 1.29 is 9.53 Å². The van der Waals surface area contributed by atoms with Gasteiger partial charge < -0.3 is 10.1 Å². The molecule has 3 aromatic rings. The first-order chi connectivity index (χ1) is 14.9. The highest BCUT2D eigenvalue weighted by Crippen LogP contribution is 2.37. The molecular weight excluding hydrogens is 440 g/mol. The number of nitrogens with zero attached hydrogens (tertiary/aromatic N) is 3. The highest BCUT2D eigenvalue weighted by Gasteiger charge is 2.26. The van der Waals surface area contributed by atoms with E-state index in [4.69, 9.17) is 16.3 Å². The molecule has 0 saturated carbocycles. The Kier molecular flexibility index (Phi) is 5.85. The third kappa shape index (κ3) is 3.84. The van der Waals surface area contributed by atoms with Gasteiger partial charge in [0, 0.05) is 28.4 Å². The topological polar surface area (TPSA) is 106 Å². The molecule has 4 rings (SSSR count). The lowest BCUT2D eigenvalue weighted by atomic mass is 10.1. The summed E-state index contributed by atoms with van der Waals surface area (Å²) in [6, 6.07) is 8.33. The molecule has 10 heteroatoms. The molecule has 0 aliphatic carbocycles. The summed E-state index contributed by atoms with van der Waals surface area (Å²) in [7, 11) is 1.55. The first-order valence-electron chi connectivity index (χ1n) is 9.71. The fraction of sp³-hybridized carbons (Fsp3) is 0.333. The second-order valence-electron chi connectivity index (χ2n) is 7.22. The van der Waals surface area contributed by atoms with Crippen molar-refractivity contribution >= 4 is 39.1 Å². The van der Waals surface area contributed by atoms with E-state index in [9.17, 15) is 19.6 Å². The van der Waals surface area contributed by atoms with E-state index >= 15 is 0 Å². The molecule has 0 bridgehead atoms. The van der Waals surface area contributed by atoms with Gasteiger partial charge in [-0.1, -0.05) is 11.6 Å². The monoisotopic (exact) mass is 458 g/mol. The van der Waals surface area contributed by atoms with Crippen LogP contribution in [0.3, 0.4) is 0 Å². The zero-order chi connectivity index (χ0) is 22.1. The third-order valence-corrected chi connectivity index (χ3v) is 6.82. The summed E-state index contributed by atoms with van der Waals surface area (Å²) >= 11 is 7.58. The molecule has 1 saturated heterocycles. The molecule has 31 heavy (non-hydrogen) atoms. The number of nitrogens with one attached hydrogen (secondary N) is 1. The standard InChI is InChI=1S/C21H19ClN4O4S/c1-30-13-4-5-15(22)14(10-13)17-11-16-19(31-17)20(28)26(21(29)25(16)8-6-23)12-3-2-7-24-18(27)9-12/h4-5,10-12H,2-3,7-9H2,1H3,(H,24,27)/t12-/m1/s1. The lowest BCUT2D eigenvalue weighted by Gasteiger charge is -2.17. The molecule has 160 valence electrons. The van der Waals surface area contributed by atoms with Crippen molar-refractivity contribution in [3.8, 4) is 22.3 Å². The van der Waals surface area contributed by atoms with Gasteiger partial charge in [-0.15, -0.1) is 11.3 Å². The van der Waals surface area contributed by atoms with Gasteiger partial charge in [0.05, 0.1) is 24.7 Å². The van der Waals surface area contributed by atoms with E-state index in [0.29, 0.717) is 50.8 Å². The van der Waals surface area contributed by atoms with Crippen LogP contribution in [0.15, 0.2) is 33.9 Å². The summed E-state index contributed by atoms with van der Waals surface area (Å²) < 4.78 is 8.04. The average molecular weight is 459 g/mol. The van der Waals surface area contributed by atoms with E-state index in [1.54, 1.807) is 31.4 Å². The smallest absolute Gasteiger partial charge is 0.332 e. The molecule has 1 amide bonds. The molecular formula is C21H19ClN4O4S. The predicted molar refractivity (Wildman–Crippen MR) is 119 cm³/mol. The first kappa shape index (κ1) is 21.2. The summed E-state index contributed by atoms with van der Waals surface area (Å²) in [6.45, 7) is 0.298. The number of methoxy groups -OCH3 is 1. The molecule has 1 N–H and O–H groups in total. The Morgan fingerprint density at radius 3 is 2.87 bits per heavy atom. The summed E-state index contributed by atoms with van der Waals surface area (Å²) in [6.07, 6.45) is 1.23. The maximum absolute atomic E-state index is 13.4. The fourth-order valence-electron chi connectivity index (χ4n) is 3.84. The minimum Gasteiger partial charge on any atom is -0.497 e. The molecule has 1 aromatic carbocycles. The van der Waals surface area contributed by atoms with Crippen molar-refractivity contribution in [2.24, 2.45) is 0 Å². The van der Waals surface area contributed by atoms with Crippen molar-refractivity contribution in [3.05, 3.63) is 50.1 Å². The van der Waals surface area contributed by atoms with Crippen LogP contribution in [0.4, 0.5) is 0 Å². The molecule has 8 nitrogen and oxygen atoms in total. The normalized spacial score (nSPS) is 16.5. The van der Waals surface area contributed by atoms with Crippen molar-refractivity contribution in [1.82, 2.24) is 14.5 Å². The van der Waals surface area contributed by atoms with Gasteiger partial charge in [0.25, 0.3) is 5.56 Å². The Morgan fingerprint density at radius 2 is 2.13 bits per heavy atom. The molecule has 3 heterocycles. The van der Waals surface area contributed by atoms with E-state index in [0.717, 1.165) is 4.57 Å². The van der Waals surface area contributed by atoms with Crippen LogP contribution in [0.2, 0.25) is 5.02 Å². The second-order valence-corrected chi connectivity index (χ2v) is 8.68. The number of nitriles is 1. The highest BCUT2D eigenvalue weighted by molar-refractivity contribution is 7.22. The van der Waals surface area contributed by atoms with E-state index in [-0.39, 0.29) is 18.9 Å². The average Bonchev–Trinajstić information content (AvgIpc) is 3.08. The van der Waals surface area contributed by atoms with Gasteiger partial charge in [0.15, 0.2) is 0 Å². The van der Waals surface area contributed by atoms with Crippen LogP contribution >= 0.6 is 22.9 Å². The predicted octanol–water partition coefficient (Wildman–Crippen LogP) is 2.92. The molecule has 2 aromatic heterocycles. The number of carbonyl (C=O) groups is 1. The highest BCUT2D eigenvalue weighted by atomic mass is 35.5. The maximum Gasteiger partial charge on any atom is 0.332 e. The van der Waals surface area contributed by atoms with Gasteiger partial charge in [0.2, 0.25) is 5.91 Å². The Hall–Kier alpha value is -3.09. The fourth-order valence-corrected chi connectivity index (χ4v) is 5.24. The summed E-state index contributed by atoms with van der Waals surface area (Å²) in [5.74, 6) is 0.406. The zero-order valence-electron chi connectivity index (χ0n) is 16.7. The number of rotatable bonds is 4. The SMILES string of the molecule is COc1ccc(Cl)c(-c2cc3c(s2)c(=O)n([C@@H]2CCCNC(=O)C2)c(=O)n3CC#N)c1. The second kappa shape index (κ2) is 8.57. The van der Waals surface area contributed by atoms with Crippen molar-refractivity contribution in [3.63, 3.8) is 0 Å². The molecule has 1 atom stereocenters. The van der Waals surface area contributed by atoms with Gasteiger partial charge in [-0.2, -0.15) is 5.26 Å². The molecule has 0 unspecified atom stereocenters. The Bertz CT molecular complexity index is 1330. The van der Waals surface area contributed by atoms with E-state index in [1.165, 1.54) is 15.9 Å². The Morgan fingerprint density at radius 1 is 1.32 bits per heavy atom. The lowest BCUT2D eigenvalue weighted by Crippen LogP contribution is -2.42. The number of thiophene rings is 1. The van der Waals surface area contributed by atoms with Crippen LogP contribution in [-0.4, -0.2) is 28.7 Å². The number of halogens is 1. The number of hydrogen-bond donors (Lipinski definition) is 1. The van der Waals surface area contributed by atoms with Gasteiger partial charge in [-0.25, -0.2) is 4.79 Å². The number of aromatic nitrogens is 2. The third-order valence-electron chi connectivity index (χ3n) is 5.34. The van der Waals surface area contributed by atoms with Gasteiger partial charge in [-0.3, -0.25) is 18.7 Å². The summed E-state index contributed by atoms with van der Waals surface area (Å²) in [4.78, 5) is 39.3. The number of hydrogen-bond acceptors (Lipinski definition) is 6. The quantitative estimate of drug-likeness (QED) is 0.647. The van der Waals surface area contributed by atoms with E-state index < -0.39 is 17.3 Å². The number of fused-ring (bicyclic) bond motifs is 1. The first-order valence-corrected chi connectivity index (χ1v) is 10.9. The van der Waals surface area contributed by atoms with Gasteiger partial charge in [0.1, 0.15) is 17.0 Å². The van der Waals surface area contributed by atoms with Crippen LogP contribution in [0, 0.1) is 11.3 Å². The zero-order valence-corrected chi connectivity index (χ0v) is 18.3. The molecule has 0 spiro atoms. The summed E-state index contributed by atoms with van der Waals surface area (Å²) in [5, 5.41) is 12.5. The Labute approximate surface area is 186 Å². The minimum absolute atomic E-state index is 0.0488. The Balaban J connectivity index is 1.97. The lowest BCUT2D eigenvalue weighted by molar-refractivity contribution is -0.121. The number of carbonyl (C=O) groups excluding carboxylic acids is 1. The number of amides is 1. The largest absolute Gasteiger partial charge is 0.497 e. The van der Waals surface area contributed by atoms with Crippen LogP contribution in [0.5, 0.6) is 5.75 Å². The van der Waals surface area contributed by atoms with Crippen molar-refractivity contribution in [2.75, 3.05) is 13.7 Å². The van der Waals surface area contributed by atoms with Crippen LogP contribution in [-0.2, 0) is 11.3 Å². The number of benzene rings is 1. The molecule has 1 fully saturated rings. The minimum atomic E-state index is -0.583. The van der Waals surface area contributed by atoms with Crippen molar-refractivity contribution in [1.29, 1.82) is 5.26 Å². The van der Waals surface area contributed by atoms with E-state index in [2.05, 4.69) is 5.32 Å². The van der Waals surface area contributed by atoms with Gasteiger partial charge in [-0.05, 0) is 37.1 Å². The maximum atomic E-state index is 13.4. The summed E-state index contributed by atoms with van der Waals surface area (Å²) in [5.41, 5.74) is 0.00623. The number of ether oxygens (including phenoxy) is 1. The van der Waals surface area contributed by atoms with Crippen molar-refractivity contribution in [2.45, 2.75) is 31.8 Å².